The number of nitrogens with zero attached hydrogens (tertiary/aromatic N) is 1. The summed E-state index contributed by atoms with van der Waals surface area (Å²) in [5.74, 6) is -0.0164. The largest absolute Gasteiger partial charge is 0.495 e. The SMILES string of the molecule is COc1cccc(C(=O)OCCCCC#N)c1N. The molecule has 0 atom stereocenters. The van der Waals surface area contributed by atoms with E-state index in [9.17, 15) is 4.79 Å². The Labute approximate surface area is 106 Å². The fourth-order valence-electron chi connectivity index (χ4n) is 1.45. The number of ether oxygens (including phenoxy) is 2. The van der Waals surface area contributed by atoms with Crippen molar-refractivity contribution in [3.05, 3.63) is 23.8 Å². The fraction of sp³-hybridized carbons (Fsp3) is 0.385. The van der Waals surface area contributed by atoms with Gasteiger partial charge in [-0.25, -0.2) is 4.79 Å². The van der Waals surface area contributed by atoms with Gasteiger partial charge in [-0.05, 0) is 25.0 Å². The second-order valence-electron chi connectivity index (χ2n) is 3.67. The van der Waals surface area contributed by atoms with Gasteiger partial charge in [-0.1, -0.05) is 6.07 Å². The van der Waals surface area contributed by atoms with Crippen LogP contribution in [0.3, 0.4) is 0 Å². The van der Waals surface area contributed by atoms with Crippen LogP contribution < -0.4 is 10.5 Å². The molecule has 2 N–H and O–H groups in total. The van der Waals surface area contributed by atoms with Crippen LogP contribution in [0.5, 0.6) is 5.75 Å². The number of esters is 1. The van der Waals surface area contributed by atoms with E-state index < -0.39 is 5.97 Å². The van der Waals surface area contributed by atoms with Crippen LogP contribution in [0.1, 0.15) is 29.6 Å². The molecule has 0 unspecified atom stereocenters. The van der Waals surface area contributed by atoms with Crippen LogP contribution in [0.25, 0.3) is 0 Å². The minimum absolute atomic E-state index is 0.280. The summed E-state index contributed by atoms with van der Waals surface area (Å²) < 4.78 is 10.1. The zero-order valence-electron chi connectivity index (χ0n) is 10.3. The van der Waals surface area contributed by atoms with Crippen molar-refractivity contribution in [1.29, 1.82) is 5.26 Å². The standard InChI is InChI=1S/C13H16N2O3/c1-17-11-7-5-6-10(12(11)15)13(16)18-9-4-2-3-8-14/h5-7H,2-4,9,15H2,1H3. The zero-order valence-corrected chi connectivity index (χ0v) is 10.3. The van der Waals surface area contributed by atoms with E-state index in [0.29, 0.717) is 24.2 Å². The summed E-state index contributed by atoms with van der Waals surface area (Å²) in [4.78, 5) is 11.7. The number of para-hydroxylation sites is 1. The topological polar surface area (TPSA) is 85.3 Å². The molecule has 96 valence electrons. The van der Waals surface area contributed by atoms with Crippen molar-refractivity contribution in [2.75, 3.05) is 19.5 Å². The number of nitrogens with two attached hydrogens (primary N) is 1. The highest BCUT2D eigenvalue weighted by atomic mass is 16.5. The second kappa shape index (κ2) is 7.17. The van der Waals surface area contributed by atoms with Gasteiger partial charge in [0.05, 0.1) is 31.0 Å². The summed E-state index contributed by atoms with van der Waals surface area (Å²) in [7, 11) is 1.49. The molecule has 5 heteroatoms. The normalized spacial score (nSPS) is 9.56. The fourth-order valence-corrected chi connectivity index (χ4v) is 1.45. The molecule has 0 saturated heterocycles. The summed E-state index contributed by atoms with van der Waals surface area (Å²) in [6, 6.07) is 6.99. The molecule has 0 aliphatic heterocycles. The Morgan fingerprint density at radius 3 is 2.89 bits per heavy atom. The second-order valence-corrected chi connectivity index (χ2v) is 3.67. The Morgan fingerprint density at radius 1 is 1.44 bits per heavy atom. The first-order valence-electron chi connectivity index (χ1n) is 5.67. The minimum Gasteiger partial charge on any atom is -0.495 e. The van der Waals surface area contributed by atoms with E-state index in [1.165, 1.54) is 7.11 Å². The van der Waals surface area contributed by atoms with Gasteiger partial charge >= 0.3 is 5.97 Å². The van der Waals surface area contributed by atoms with Crippen LogP contribution in [0.2, 0.25) is 0 Å². The van der Waals surface area contributed by atoms with Gasteiger partial charge in [0.1, 0.15) is 5.75 Å². The third kappa shape index (κ3) is 3.67. The molecule has 0 fully saturated rings. The summed E-state index contributed by atoms with van der Waals surface area (Å²) in [5, 5.41) is 8.36. The summed E-state index contributed by atoms with van der Waals surface area (Å²) in [6.45, 7) is 0.289. The molecule has 1 aromatic rings. The van der Waals surface area contributed by atoms with E-state index in [4.69, 9.17) is 20.5 Å². The number of benzene rings is 1. The first kappa shape index (κ1) is 13.8. The van der Waals surface area contributed by atoms with Crippen molar-refractivity contribution < 1.29 is 14.3 Å². The highest BCUT2D eigenvalue weighted by molar-refractivity contribution is 5.96. The molecular formula is C13H16N2O3. The highest BCUT2D eigenvalue weighted by Gasteiger charge is 2.13. The van der Waals surface area contributed by atoms with Crippen LogP contribution >= 0.6 is 0 Å². The molecule has 0 aliphatic carbocycles. The molecule has 0 radical (unpaired) electrons. The van der Waals surface area contributed by atoms with Gasteiger partial charge in [0, 0.05) is 6.42 Å². The van der Waals surface area contributed by atoms with Crippen LogP contribution in [0, 0.1) is 11.3 Å². The number of unbranched alkanes of at least 4 members (excludes halogenated alkanes) is 2. The molecule has 1 aromatic carbocycles. The van der Waals surface area contributed by atoms with Crippen molar-refractivity contribution in [2.24, 2.45) is 0 Å². The molecule has 0 spiro atoms. The number of rotatable bonds is 6. The van der Waals surface area contributed by atoms with Gasteiger partial charge in [-0.15, -0.1) is 0 Å². The molecule has 5 nitrogen and oxygen atoms in total. The van der Waals surface area contributed by atoms with E-state index in [1.807, 2.05) is 6.07 Å². The number of carbonyl (C=O) groups is 1. The maximum absolute atomic E-state index is 11.7. The Bertz CT molecular complexity index is 452. The first-order chi connectivity index (χ1) is 8.70. The third-order valence-corrected chi connectivity index (χ3v) is 2.42. The lowest BCUT2D eigenvalue weighted by atomic mass is 10.1. The number of nitriles is 1. The smallest absolute Gasteiger partial charge is 0.340 e. The van der Waals surface area contributed by atoms with Crippen LogP contribution in [-0.4, -0.2) is 19.7 Å². The lowest BCUT2D eigenvalue weighted by Crippen LogP contribution is -2.10. The molecule has 18 heavy (non-hydrogen) atoms. The number of carbonyl (C=O) groups excluding carboxylic acids is 1. The Hall–Kier alpha value is -2.22. The molecule has 0 bridgehead atoms. The molecule has 0 saturated carbocycles. The average Bonchev–Trinajstić information content (AvgIpc) is 2.38. The number of hydrogen-bond donors (Lipinski definition) is 1. The molecule has 0 aliphatic rings. The van der Waals surface area contributed by atoms with Gasteiger partial charge in [0.2, 0.25) is 0 Å². The van der Waals surface area contributed by atoms with Crippen molar-refractivity contribution in [3.63, 3.8) is 0 Å². The molecule has 0 heterocycles. The molecular weight excluding hydrogens is 232 g/mol. The van der Waals surface area contributed by atoms with E-state index in [2.05, 4.69) is 0 Å². The van der Waals surface area contributed by atoms with Gasteiger partial charge in [-0.2, -0.15) is 5.26 Å². The van der Waals surface area contributed by atoms with Crippen molar-refractivity contribution in [3.8, 4) is 11.8 Å². The maximum atomic E-state index is 11.7. The Morgan fingerprint density at radius 2 is 2.22 bits per heavy atom. The van der Waals surface area contributed by atoms with Crippen LogP contribution in [-0.2, 0) is 4.74 Å². The number of methoxy groups -OCH3 is 1. The lowest BCUT2D eigenvalue weighted by molar-refractivity contribution is 0.0499. The number of nitrogen functional groups attached to an aromatic ring is 1. The van der Waals surface area contributed by atoms with Crippen molar-refractivity contribution >= 4 is 11.7 Å². The highest BCUT2D eigenvalue weighted by Crippen LogP contribution is 2.25. The van der Waals surface area contributed by atoms with Crippen molar-refractivity contribution in [1.82, 2.24) is 0 Å². The predicted octanol–water partition coefficient (Wildman–Crippen LogP) is 2.13. The third-order valence-electron chi connectivity index (χ3n) is 2.42. The molecule has 0 amide bonds. The van der Waals surface area contributed by atoms with Gasteiger partial charge < -0.3 is 15.2 Å². The van der Waals surface area contributed by atoms with Gasteiger partial charge in [0.15, 0.2) is 0 Å². The summed E-state index contributed by atoms with van der Waals surface area (Å²) in [6.07, 6.45) is 1.86. The first-order valence-corrected chi connectivity index (χ1v) is 5.67. The van der Waals surface area contributed by atoms with E-state index in [-0.39, 0.29) is 12.3 Å². The zero-order chi connectivity index (χ0) is 13.4. The van der Waals surface area contributed by atoms with Crippen LogP contribution in [0.15, 0.2) is 18.2 Å². The average molecular weight is 248 g/mol. The molecule has 1 rings (SSSR count). The number of hydrogen-bond acceptors (Lipinski definition) is 5. The van der Waals surface area contributed by atoms with E-state index in [1.54, 1.807) is 18.2 Å². The van der Waals surface area contributed by atoms with Gasteiger partial charge in [-0.3, -0.25) is 0 Å². The monoisotopic (exact) mass is 248 g/mol. The van der Waals surface area contributed by atoms with E-state index >= 15 is 0 Å². The van der Waals surface area contributed by atoms with Gasteiger partial charge in [0.25, 0.3) is 0 Å². The minimum atomic E-state index is -0.469. The predicted molar refractivity (Wildman–Crippen MR) is 67.2 cm³/mol. The van der Waals surface area contributed by atoms with E-state index in [0.717, 1.165) is 6.42 Å². The number of anilines is 1. The Balaban J connectivity index is 2.54. The van der Waals surface area contributed by atoms with Crippen LogP contribution in [0.4, 0.5) is 5.69 Å². The molecule has 0 aromatic heterocycles. The Kier molecular flexibility index (Phi) is 5.52. The lowest BCUT2D eigenvalue weighted by Gasteiger charge is -2.09. The van der Waals surface area contributed by atoms with Crippen molar-refractivity contribution in [2.45, 2.75) is 19.3 Å². The summed E-state index contributed by atoms with van der Waals surface area (Å²) in [5.41, 5.74) is 6.36. The maximum Gasteiger partial charge on any atom is 0.340 e. The summed E-state index contributed by atoms with van der Waals surface area (Å²) >= 11 is 0. The quantitative estimate of drug-likeness (QED) is 0.473.